The van der Waals surface area contributed by atoms with Crippen molar-refractivity contribution in [3.8, 4) is 11.1 Å². The van der Waals surface area contributed by atoms with Crippen molar-refractivity contribution in [1.82, 2.24) is 24.1 Å². The lowest BCUT2D eigenvalue weighted by atomic mass is 9.99. The maximum atomic E-state index is 12.4. The van der Waals surface area contributed by atoms with Gasteiger partial charge in [-0.15, -0.1) is 0 Å². The third kappa shape index (κ3) is 7.37. The zero-order valence-corrected chi connectivity index (χ0v) is 25.9. The first-order valence-electron chi connectivity index (χ1n) is 14.8. The highest BCUT2D eigenvalue weighted by molar-refractivity contribution is 7.89. The second-order valence-corrected chi connectivity index (χ2v) is 14.4. The van der Waals surface area contributed by atoms with Crippen molar-refractivity contribution < 1.29 is 17.9 Å². The van der Waals surface area contributed by atoms with Gasteiger partial charge in [0.05, 0.1) is 5.75 Å². The van der Waals surface area contributed by atoms with Gasteiger partial charge in [-0.3, -0.25) is 14.9 Å². The number of amides is 1. The number of sulfonamides is 1. The van der Waals surface area contributed by atoms with Gasteiger partial charge in [-0.25, -0.2) is 17.5 Å². The van der Waals surface area contributed by atoms with Gasteiger partial charge in [-0.2, -0.15) is 0 Å². The van der Waals surface area contributed by atoms with Crippen LogP contribution in [0.15, 0.2) is 49.1 Å². The van der Waals surface area contributed by atoms with E-state index in [9.17, 15) is 13.2 Å². The molecule has 2 aliphatic heterocycles. The summed E-state index contributed by atoms with van der Waals surface area (Å²) in [6, 6.07) is 8.70. The van der Waals surface area contributed by atoms with Crippen LogP contribution in [-0.2, 0) is 21.3 Å². The summed E-state index contributed by atoms with van der Waals surface area (Å²) in [6.07, 6.45) is 8.74. The standard InChI is InChI=1S/C31H42N6O4S/c1-5-42(39,40)37-10-7-27(8-11-37)34-29-18-25(17-24-6-9-32-21-28(24)29)26-16-23(19-33-20-26)22-35-12-14-36(15-13-35)30(38)41-31(2,3)4/h6,9,16-21,27,34H,5,7-8,10-15,22H2,1-4H3. The Bertz CT molecular complexity index is 1510. The van der Waals surface area contributed by atoms with Crippen LogP contribution in [0.1, 0.15) is 46.1 Å². The number of piperazine rings is 1. The van der Waals surface area contributed by atoms with Gasteiger partial charge in [0.15, 0.2) is 0 Å². The van der Waals surface area contributed by atoms with Crippen molar-refractivity contribution in [3.63, 3.8) is 0 Å². The molecule has 226 valence electrons. The minimum atomic E-state index is -3.16. The average molecular weight is 595 g/mol. The highest BCUT2D eigenvalue weighted by atomic mass is 32.2. The molecule has 0 bridgehead atoms. The van der Waals surface area contributed by atoms with Crippen LogP contribution in [0, 0.1) is 0 Å². The van der Waals surface area contributed by atoms with E-state index in [4.69, 9.17) is 4.74 Å². The fraction of sp³-hybridized carbons (Fsp3) is 0.516. The molecule has 4 heterocycles. The molecule has 11 heteroatoms. The van der Waals surface area contributed by atoms with Crippen LogP contribution in [0.4, 0.5) is 10.5 Å². The predicted molar refractivity (Wildman–Crippen MR) is 166 cm³/mol. The molecule has 0 saturated carbocycles. The summed E-state index contributed by atoms with van der Waals surface area (Å²) in [4.78, 5) is 25.5. The Morgan fingerprint density at radius 2 is 1.71 bits per heavy atom. The van der Waals surface area contributed by atoms with E-state index in [1.807, 2.05) is 45.4 Å². The second kappa shape index (κ2) is 12.5. The van der Waals surface area contributed by atoms with E-state index in [0.29, 0.717) is 26.2 Å². The Morgan fingerprint density at radius 3 is 2.40 bits per heavy atom. The third-order valence-electron chi connectivity index (χ3n) is 7.89. The third-order valence-corrected chi connectivity index (χ3v) is 9.77. The summed E-state index contributed by atoms with van der Waals surface area (Å²) in [7, 11) is -3.16. The van der Waals surface area contributed by atoms with Crippen LogP contribution in [0.2, 0.25) is 0 Å². The molecule has 0 spiro atoms. The molecular weight excluding hydrogens is 552 g/mol. The zero-order valence-electron chi connectivity index (χ0n) is 25.0. The smallest absolute Gasteiger partial charge is 0.410 e. The molecule has 3 aromatic rings. The number of piperidine rings is 1. The van der Waals surface area contributed by atoms with Gasteiger partial charge >= 0.3 is 6.09 Å². The summed E-state index contributed by atoms with van der Waals surface area (Å²) < 4.78 is 31.7. The van der Waals surface area contributed by atoms with Gasteiger partial charge in [-0.05, 0) is 81.3 Å². The maximum absolute atomic E-state index is 12.4. The second-order valence-electron chi connectivity index (χ2n) is 12.2. The molecular formula is C31H42N6O4S. The molecule has 0 radical (unpaired) electrons. The monoisotopic (exact) mass is 594 g/mol. The molecule has 2 aromatic heterocycles. The molecule has 0 atom stereocenters. The predicted octanol–water partition coefficient (Wildman–Crippen LogP) is 4.58. The number of nitrogens with zero attached hydrogens (tertiary/aromatic N) is 5. The van der Waals surface area contributed by atoms with E-state index in [1.54, 1.807) is 22.3 Å². The molecule has 2 aliphatic rings. The van der Waals surface area contributed by atoms with E-state index in [-0.39, 0.29) is 17.9 Å². The number of ether oxygens (including phenoxy) is 1. The molecule has 2 fully saturated rings. The zero-order chi connectivity index (χ0) is 29.9. The first-order chi connectivity index (χ1) is 20.0. The van der Waals surface area contributed by atoms with Crippen LogP contribution >= 0.6 is 0 Å². The van der Waals surface area contributed by atoms with E-state index < -0.39 is 15.6 Å². The summed E-state index contributed by atoms with van der Waals surface area (Å²) in [6.45, 7) is 12.0. The van der Waals surface area contributed by atoms with E-state index in [2.05, 4.69) is 38.4 Å². The summed E-state index contributed by atoms with van der Waals surface area (Å²) in [5.74, 6) is 0.138. The molecule has 1 aromatic carbocycles. The Balaban J connectivity index is 1.28. The van der Waals surface area contributed by atoms with Crippen LogP contribution in [0.25, 0.3) is 21.9 Å². The van der Waals surface area contributed by atoms with Gasteiger partial charge in [0.1, 0.15) is 5.60 Å². The van der Waals surface area contributed by atoms with Crippen molar-refractivity contribution in [1.29, 1.82) is 0 Å². The fourth-order valence-corrected chi connectivity index (χ4v) is 6.70. The van der Waals surface area contributed by atoms with Crippen molar-refractivity contribution in [2.75, 3.05) is 50.3 Å². The van der Waals surface area contributed by atoms with Crippen LogP contribution < -0.4 is 5.32 Å². The lowest BCUT2D eigenvalue weighted by molar-refractivity contribution is 0.0139. The van der Waals surface area contributed by atoms with Crippen molar-refractivity contribution in [2.24, 2.45) is 0 Å². The number of hydrogen-bond acceptors (Lipinski definition) is 8. The SMILES string of the molecule is CCS(=O)(=O)N1CCC(Nc2cc(-c3cncc(CN4CCN(C(=O)OC(C)(C)C)CC4)c3)cc3ccncc23)CC1. The minimum Gasteiger partial charge on any atom is -0.444 e. The Kier molecular flexibility index (Phi) is 9.00. The number of nitrogens with one attached hydrogen (secondary N) is 1. The number of anilines is 1. The first-order valence-corrected chi connectivity index (χ1v) is 16.4. The number of benzene rings is 1. The van der Waals surface area contributed by atoms with Gasteiger partial charge in [0.25, 0.3) is 0 Å². The van der Waals surface area contributed by atoms with Crippen LogP contribution in [0.5, 0.6) is 0 Å². The van der Waals surface area contributed by atoms with Gasteiger partial charge in [-0.1, -0.05) is 0 Å². The molecule has 10 nitrogen and oxygen atoms in total. The molecule has 5 rings (SSSR count). The van der Waals surface area contributed by atoms with Crippen molar-refractivity contribution >= 4 is 32.6 Å². The Morgan fingerprint density at radius 1 is 0.976 bits per heavy atom. The number of aromatic nitrogens is 2. The van der Waals surface area contributed by atoms with Crippen LogP contribution in [-0.4, -0.2) is 95.2 Å². The van der Waals surface area contributed by atoms with E-state index in [0.717, 1.165) is 65.6 Å². The van der Waals surface area contributed by atoms with Gasteiger partial charge in [0, 0.05) is 93.3 Å². The topological polar surface area (TPSA) is 108 Å². The van der Waals surface area contributed by atoms with Crippen LogP contribution in [0.3, 0.4) is 0 Å². The quantitative estimate of drug-likeness (QED) is 0.424. The van der Waals surface area contributed by atoms with E-state index >= 15 is 0 Å². The first kappa shape index (κ1) is 30.2. The summed E-state index contributed by atoms with van der Waals surface area (Å²) >= 11 is 0. The number of fused-ring (bicyclic) bond motifs is 1. The number of pyridine rings is 2. The number of rotatable bonds is 7. The lowest BCUT2D eigenvalue weighted by Crippen LogP contribution is -2.49. The fourth-order valence-electron chi connectivity index (χ4n) is 5.57. The molecule has 0 unspecified atom stereocenters. The Labute approximate surface area is 249 Å². The minimum absolute atomic E-state index is 0.138. The molecule has 0 aliphatic carbocycles. The lowest BCUT2D eigenvalue weighted by Gasteiger charge is -2.35. The van der Waals surface area contributed by atoms with Gasteiger partial charge < -0.3 is 15.0 Å². The number of carbonyl (C=O) groups excluding carboxylic acids is 1. The maximum Gasteiger partial charge on any atom is 0.410 e. The van der Waals surface area contributed by atoms with E-state index in [1.165, 1.54) is 0 Å². The highest BCUT2D eigenvalue weighted by Gasteiger charge is 2.28. The number of carbonyl (C=O) groups is 1. The summed E-state index contributed by atoms with van der Waals surface area (Å²) in [5.41, 5.74) is 3.71. The van der Waals surface area contributed by atoms with Gasteiger partial charge in [0.2, 0.25) is 10.0 Å². The largest absolute Gasteiger partial charge is 0.444 e. The Hall–Kier alpha value is -3.28. The number of hydrogen-bond donors (Lipinski definition) is 1. The average Bonchev–Trinajstić information content (AvgIpc) is 2.97. The van der Waals surface area contributed by atoms with Crippen molar-refractivity contribution in [2.45, 2.75) is 58.7 Å². The normalized spacial score (nSPS) is 17.9. The molecule has 1 amide bonds. The highest BCUT2D eigenvalue weighted by Crippen LogP contribution is 2.32. The molecule has 42 heavy (non-hydrogen) atoms. The molecule has 2 saturated heterocycles. The summed E-state index contributed by atoms with van der Waals surface area (Å²) in [5, 5.41) is 5.82. The molecule has 1 N–H and O–H groups in total. The van der Waals surface area contributed by atoms with Crippen molar-refractivity contribution in [3.05, 3.63) is 54.6 Å².